The van der Waals surface area contributed by atoms with E-state index in [1.54, 1.807) is 0 Å². The highest BCUT2D eigenvalue weighted by Gasteiger charge is 2.45. The first-order valence-electron chi connectivity index (χ1n) is 4.94. The van der Waals surface area contributed by atoms with Crippen LogP contribution >= 0.6 is 0 Å². The monoisotopic (exact) mass is 153 g/mol. The largest absolute Gasteiger partial charge is 0.301 e. The number of hydrogen-bond acceptors (Lipinski definition) is 1. The number of nitrogens with zero attached hydrogens (tertiary/aromatic N) is 1. The first kappa shape index (κ1) is 7.60. The van der Waals surface area contributed by atoms with Crippen LogP contribution in [0.1, 0.15) is 39.0 Å². The van der Waals surface area contributed by atoms with Gasteiger partial charge < -0.3 is 4.90 Å². The molecule has 1 spiro atoms. The predicted octanol–water partition coefficient (Wildman–Crippen LogP) is 2.27. The molecule has 1 nitrogen and oxygen atoms in total. The molecule has 0 atom stereocenters. The van der Waals surface area contributed by atoms with Crippen molar-refractivity contribution in [3.05, 3.63) is 0 Å². The average molecular weight is 153 g/mol. The minimum atomic E-state index is 0.664. The Hall–Kier alpha value is -0.0400. The van der Waals surface area contributed by atoms with Crippen LogP contribution in [0.15, 0.2) is 0 Å². The zero-order chi connectivity index (χ0) is 7.90. The van der Waals surface area contributed by atoms with Gasteiger partial charge in [0.05, 0.1) is 0 Å². The predicted molar refractivity (Wildman–Crippen MR) is 47.6 cm³/mol. The lowest BCUT2D eigenvalue weighted by Gasteiger charge is -2.55. The average Bonchev–Trinajstić information content (AvgIpc) is 1.92. The molecule has 1 saturated heterocycles. The van der Waals surface area contributed by atoms with E-state index >= 15 is 0 Å². The van der Waals surface area contributed by atoms with Crippen LogP contribution in [0.5, 0.6) is 0 Å². The fourth-order valence-electron chi connectivity index (χ4n) is 2.98. The summed E-state index contributed by atoms with van der Waals surface area (Å²) in [6, 6.07) is 0. The van der Waals surface area contributed by atoms with Gasteiger partial charge in [-0.15, -0.1) is 0 Å². The Bertz CT molecular complexity index is 141. The van der Waals surface area contributed by atoms with E-state index < -0.39 is 0 Å². The maximum atomic E-state index is 2.61. The smallest absolute Gasteiger partial charge is 0.0211 e. The molecule has 1 aliphatic heterocycles. The minimum absolute atomic E-state index is 0.664. The molecular formula is C10H19N. The van der Waals surface area contributed by atoms with Gasteiger partial charge in [-0.05, 0) is 45.2 Å². The van der Waals surface area contributed by atoms with Crippen LogP contribution in [-0.4, -0.2) is 24.0 Å². The van der Waals surface area contributed by atoms with Crippen LogP contribution in [0.2, 0.25) is 0 Å². The van der Waals surface area contributed by atoms with Crippen LogP contribution in [0.4, 0.5) is 0 Å². The van der Waals surface area contributed by atoms with Gasteiger partial charge in [0, 0.05) is 5.54 Å². The summed E-state index contributed by atoms with van der Waals surface area (Å²) in [5.41, 5.74) is 0.664. The van der Waals surface area contributed by atoms with Crippen molar-refractivity contribution in [1.82, 2.24) is 4.90 Å². The van der Waals surface area contributed by atoms with E-state index in [9.17, 15) is 0 Å². The Balaban J connectivity index is 2.00. The molecule has 0 aromatic heterocycles. The van der Waals surface area contributed by atoms with E-state index in [2.05, 4.69) is 18.9 Å². The topological polar surface area (TPSA) is 3.24 Å². The second-order valence-corrected chi connectivity index (χ2v) is 4.62. The minimum Gasteiger partial charge on any atom is -0.301 e. The van der Waals surface area contributed by atoms with Crippen molar-refractivity contribution in [3.63, 3.8) is 0 Å². The van der Waals surface area contributed by atoms with E-state index in [0.29, 0.717) is 5.54 Å². The fraction of sp³-hybridized carbons (Fsp3) is 1.00. The third-order valence-electron chi connectivity index (χ3n) is 3.65. The third-order valence-corrected chi connectivity index (χ3v) is 3.65. The second-order valence-electron chi connectivity index (χ2n) is 4.62. The first-order valence-corrected chi connectivity index (χ1v) is 4.94. The first-order chi connectivity index (χ1) is 5.23. The van der Waals surface area contributed by atoms with Gasteiger partial charge in [0.25, 0.3) is 0 Å². The molecule has 64 valence electrons. The molecule has 2 aliphatic rings. The molecule has 0 aromatic carbocycles. The van der Waals surface area contributed by atoms with E-state index in [-0.39, 0.29) is 0 Å². The Labute approximate surface area is 69.8 Å². The molecular weight excluding hydrogens is 134 g/mol. The molecule has 2 fully saturated rings. The second kappa shape index (κ2) is 2.48. The van der Waals surface area contributed by atoms with E-state index in [1.165, 1.54) is 38.6 Å². The van der Waals surface area contributed by atoms with Gasteiger partial charge in [-0.25, -0.2) is 0 Å². The van der Waals surface area contributed by atoms with Gasteiger partial charge in [-0.2, -0.15) is 0 Å². The van der Waals surface area contributed by atoms with Gasteiger partial charge in [0.15, 0.2) is 0 Å². The summed E-state index contributed by atoms with van der Waals surface area (Å²) in [7, 11) is 2.31. The van der Waals surface area contributed by atoms with Crippen molar-refractivity contribution < 1.29 is 0 Å². The van der Waals surface area contributed by atoms with E-state index in [1.807, 2.05) is 0 Å². The van der Waals surface area contributed by atoms with Crippen molar-refractivity contribution in [2.75, 3.05) is 13.6 Å². The summed E-state index contributed by atoms with van der Waals surface area (Å²) in [6.07, 6.45) is 7.28. The van der Waals surface area contributed by atoms with E-state index in [4.69, 9.17) is 0 Å². The van der Waals surface area contributed by atoms with Crippen LogP contribution in [0.25, 0.3) is 0 Å². The maximum absolute atomic E-state index is 2.61. The van der Waals surface area contributed by atoms with Crippen molar-refractivity contribution in [3.8, 4) is 0 Å². The molecule has 0 unspecified atom stereocenters. The molecule has 2 rings (SSSR count). The SMILES string of the molecule is CC1CC2(CCCCN2C)C1. The highest BCUT2D eigenvalue weighted by Crippen LogP contribution is 2.46. The molecule has 0 N–H and O–H groups in total. The molecule has 0 aromatic rings. The van der Waals surface area contributed by atoms with Crippen LogP contribution in [0.3, 0.4) is 0 Å². The molecule has 1 aliphatic carbocycles. The number of likely N-dealkylation sites (tertiary alicyclic amines) is 1. The quantitative estimate of drug-likeness (QED) is 0.516. The summed E-state index contributed by atoms with van der Waals surface area (Å²) in [6.45, 7) is 3.72. The highest BCUT2D eigenvalue weighted by atomic mass is 15.2. The molecule has 1 heterocycles. The highest BCUT2D eigenvalue weighted by molar-refractivity contribution is 5.01. The number of rotatable bonds is 0. The maximum Gasteiger partial charge on any atom is 0.0211 e. The zero-order valence-electron chi connectivity index (χ0n) is 7.77. The lowest BCUT2D eigenvalue weighted by atomic mass is 9.64. The van der Waals surface area contributed by atoms with Crippen LogP contribution < -0.4 is 0 Å². The summed E-state index contributed by atoms with van der Waals surface area (Å²) in [5.74, 6) is 0.996. The van der Waals surface area contributed by atoms with Gasteiger partial charge in [0.2, 0.25) is 0 Å². The molecule has 11 heavy (non-hydrogen) atoms. The number of piperidine rings is 1. The molecule has 0 amide bonds. The van der Waals surface area contributed by atoms with Crippen molar-refractivity contribution in [2.45, 2.75) is 44.6 Å². The Morgan fingerprint density at radius 1 is 1.27 bits per heavy atom. The molecule has 1 saturated carbocycles. The summed E-state index contributed by atoms with van der Waals surface area (Å²) in [5, 5.41) is 0. The Kier molecular flexibility index (Phi) is 1.71. The van der Waals surface area contributed by atoms with Crippen LogP contribution in [0, 0.1) is 5.92 Å². The van der Waals surface area contributed by atoms with Crippen LogP contribution in [-0.2, 0) is 0 Å². The summed E-state index contributed by atoms with van der Waals surface area (Å²) >= 11 is 0. The molecule has 1 heteroatoms. The van der Waals surface area contributed by atoms with E-state index in [0.717, 1.165) is 5.92 Å². The molecule has 0 radical (unpaired) electrons. The standard InChI is InChI=1S/C10H19N/c1-9-7-10(8-9)5-3-4-6-11(10)2/h9H,3-8H2,1-2H3. The van der Waals surface area contributed by atoms with Crippen molar-refractivity contribution in [1.29, 1.82) is 0 Å². The van der Waals surface area contributed by atoms with Gasteiger partial charge in [-0.3, -0.25) is 0 Å². The van der Waals surface area contributed by atoms with Crippen molar-refractivity contribution in [2.24, 2.45) is 5.92 Å². The Morgan fingerprint density at radius 2 is 2.00 bits per heavy atom. The van der Waals surface area contributed by atoms with Gasteiger partial charge in [-0.1, -0.05) is 13.3 Å². The van der Waals surface area contributed by atoms with Gasteiger partial charge in [0.1, 0.15) is 0 Å². The zero-order valence-corrected chi connectivity index (χ0v) is 7.77. The van der Waals surface area contributed by atoms with Crippen molar-refractivity contribution >= 4 is 0 Å². The summed E-state index contributed by atoms with van der Waals surface area (Å²) in [4.78, 5) is 2.61. The number of hydrogen-bond donors (Lipinski definition) is 0. The third kappa shape index (κ3) is 1.10. The normalized spacial score (nSPS) is 45.8. The lowest BCUT2D eigenvalue weighted by molar-refractivity contribution is -0.0305. The Morgan fingerprint density at radius 3 is 2.55 bits per heavy atom. The van der Waals surface area contributed by atoms with Gasteiger partial charge >= 0.3 is 0 Å². The lowest BCUT2D eigenvalue weighted by Crippen LogP contribution is -2.57. The fourth-order valence-corrected chi connectivity index (χ4v) is 2.98. The summed E-state index contributed by atoms with van der Waals surface area (Å²) < 4.78 is 0. The molecule has 0 bridgehead atoms.